The topological polar surface area (TPSA) is 52.4 Å². The number of halogens is 1. The third-order valence-corrected chi connectivity index (χ3v) is 2.94. The molecule has 4 nitrogen and oxygen atoms in total. The number of hydrogen-bond acceptors (Lipinski definition) is 3. The molecule has 19 heavy (non-hydrogen) atoms. The van der Waals surface area contributed by atoms with Crippen LogP contribution in [-0.2, 0) is 5.88 Å². The van der Waals surface area contributed by atoms with Gasteiger partial charge in [0.05, 0.1) is 10.8 Å². The van der Waals surface area contributed by atoms with Gasteiger partial charge in [-0.1, -0.05) is 24.3 Å². The molecule has 0 amide bonds. The van der Waals surface area contributed by atoms with Crippen LogP contribution in [0.4, 0.5) is 5.69 Å². The summed E-state index contributed by atoms with van der Waals surface area (Å²) in [5.41, 5.74) is 1.55. The first-order chi connectivity index (χ1) is 9.11. The maximum absolute atomic E-state index is 11.0. The monoisotopic (exact) mass is 277 g/mol. The van der Waals surface area contributed by atoms with Crippen LogP contribution >= 0.6 is 11.6 Å². The number of hydrogen-bond donors (Lipinski definition) is 0. The summed E-state index contributed by atoms with van der Waals surface area (Å²) < 4.78 is 5.62. The lowest BCUT2D eigenvalue weighted by molar-refractivity contribution is -0.385. The number of ether oxygens (including phenoxy) is 1. The molecule has 0 spiro atoms. The molecule has 2 aromatic carbocycles. The van der Waals surface area contributed by atoms with Crippen molar-refractivity contribution >= 4 is 17.3 Å². The van der Waals surface area contributed by atoms with Gasteiger partial charge in [0.25, 0.3) is 0 Å². The number of rotatable bonds is 4. The van der Waals surface area contributed by atoms with E-state index in [4.69, 9.17) is 16.3 Å². The Hall–Kier alpha value is -2.07. The Bertz CT molecular complexity index is 613. The van der Waals surface area contributed by atoms with Crippen molar-refractivity contribution in [3.05, 3.63) is 63.7 Å². The van der Waals surface area contributed by atoms with Crippen molar-refractivity contribution in [3.63, 3.8) is 0 Å². The van der Waals surface area contributed by atoms with Crippen LogP contribution in [0.1, 0.15) is 11.1 Å². The number of nitro benzene ring substituents is 1. The van der Waals surface area contributed by atoms with Gasteiger partial charge >= 0.3 is 5.69 Å². The first-order valence-electron chi connectivity index (χ1n) is 5.68. The van der Waals surface area contributed by atoms with Gasteiger partial charge in [-0.2, -0.15) is 0 Å². The predicted molar refractivity (Wildman–Crippen MR) is 73.9 cm³/mol. The normalized spacial score (nSPS) is 10.2. The SMILES string of the molecule is Cc1ccc(Oc2ccccc2CCl)c([N+](=O)[O-])c1. The Morgan fingerprint density at radius 3 is 2.63 bits per heavy atom. The zero-order valence-corrected chi connectivity index (χ0v) is 11.1. The molecule has 0 fully saturated rings. The summed E-state index contributed by atoms with van der Waals surface area (Å²) in [4.78, 5) is 10.6. The number of nitro groups is 1. The molecule has 0 atom stereocenters. The smallest absolute Gasteiger partial charge is 0.311 e. The fourth-order valence-electron chi connectivity index (χ4n) is 1.69. The van der Waals surface area contributed by atoms with Crippen LogP contribution < -0.4 is 4.74 Å². The van der Waals surface area contributed by atoms with E-state index in [0.717, 1.165) is 11.1 Å². The Balaban J connectivity index is 2.41. The molecule has 0 aromatic heterocycles. The number of aryl methyl sites for hydroxylation is 1. The molecule has 5 heteroatoms. The zero-order valence-electron chi connectivity index (χ0n) is 10.3. The number of alkyl halides is 1. The van der Waals surface area contributed by atoms with Crippen LogP contribution in [0.2, 0.25) is 0 Å². The Morgan fingerprint density at radius 1 is 1.21 bits per heavy atom. The lowest BCUT2D eigenvalue weighted by Gasteiger charge is -2.09. The first kappa shape index (κ1) is 13.4. The van der Waals surface area contributed by atoms with Crippen LogP contribution in [0.25, 0.3) is 0 Å². The summed E-state index contributed by atoms with van der Waals surface area (Å²) in [6, 6.07) is 12.0. The van der Waals surface area contributed by atoms with Gasteiger partial charge in [0.1, 0.15) is 5.75 Å². The van der Waals surface area contributed by atoms with Crippen LogP contribution in [0.5, 0.6) is 11.5 Å². The summed E-state index contributed by atoms with van der Waals surface area (Å²) in [5, 5.41) is 11.0. The average Bonchev–Trinajstić information content (AvgIpc) is 2.41. The minimum absolute atomic E-state index is 0.0515. The van der Waals surface area contributed by atoms with E-state index in [1.807, 2.05) is 12.1 Å². The van der Waals surface area contributed by atoms with Crippen molar-refractivity contribution in [2.45, 2.75) is 12.8 Å². The van der Waals surface area contributed by atoms with Crippen molar-refractivity contribution in [2.24, 2.45) is 0 Å². The molecule has 0 heterocycles. The molecule has 0 N–H and O–H groups in total. The van der Waals surface area contributed by atoms with E-state index >= 15 is 0 Å². The van der Waals surface area contributed by atoms with E-state index in [-0.39, 0.29) is 17.3 Å². The largest absolute Gasteiger partial charge is 0.450 e. The average molecular weight is 278 g/mol. The van der Waals surface area contributed by atoms with Crippen LogP contribution in [-0.4, -0.2) is 4.92 Å². The van der Waals surface area contributed by atoms with Crippen LogP contribution in [0.3, 0.4) is 0 Å². The van der Waals surface area contributed by atoms with E-state index in [0.29, 0.717) is 5.75 Å². The third-order valence-electron chi connectivity index (χ3n) is 2.65. The molecule has 2 rings (SSSR count). The Kier molecular flexibility index (Phi) is 4.02. The van der Waals surface area contributed by atoms with E-state index in [1.165, 1.54) is 6.07 Å². The Morgan fingerprint density at radius 2 is 1.95 bits per heavy atom. The first-order valence-corrected chi connectivity index (χ1v) is 6.22. The number of benzene rings is 2. The second-order valence-electron chi connectivity index (χ2n) is 4.07. The van der Waals surface area contributed by atoms with Gasteiger partial charge in [-0.25, -0.2) is 0 Å². The van der Waals surface area contributed by atoms with E-state index < -0.39 is 4.92 Å². The lowest BCUT2D eigenvalue weighted by atomic mass is 10.2. The van der Waals surface area contributed by atoms with Gasteiger partial charge < -0.3 is 4.74 Å². The molecule has 0 saturated carbocycles. The maximum Gasteiger partial charge on any atom is 0.311 e. The van der Waals surface area contributed by atoms with Crippen LogP contribution in [0.15, 0.2) is 42.5 Å². The molecule has 0 unspecified atom stereocenters. The van der Waals surface area contributed by atoms with Crippen molar-refractivity contribution in [1.82, 2.24) is 0 Å². The van der Waals surface area contributed by atoms with Gasteiger partial charge in [0.2, 0.25) is 5.75 Å². The standard InChI is InChI=1S/C14H12ClNO3/c1-10-6-7-14(12(8-10)16(17)18)19-13-5-3-2-4-11(13)9-15/h2-8H,9H2,1H3. The van der Waals surface area contributed by atoms with Gasteiger partial charge in [-0.05, 0) is 24.6 Å². The van der Waals surface area contributed by atoms with Crippen molar-refractivity contribution in [2.75, 3.05) is 0 Å². The molecule has 0 saturated heterocycles. The molecule has 0 aliphatic heterocycles. The Labute approximate surface area is 115 Å². The quantitative estimate of drug-likeness (QED) is 0.472. The minimum atomic E-state index is -0.453. The number of nitrogens with zero attached hydrogens (tertiary/aromatic N) is 1. The molecular formula is C14H12ClNO3. The summed E-state index contributed by atoms with van der Waals surface area (Å²) >= 11 is 5.81. The molecule has 0 aliphatic rings. The van der Waals surface area contributed by atoms with Crippen molar-refractivity contribution in [1.29, 1.82) is 0 Å². The second kappa shape index (κ2) is 5.71. The highest BCUT2D eigenvalue weighted by atomic mass is 35.5. The lowest BCUT2D eigenvalue weighted by Crippen LogP contribution is -1.95. The fraction of sp³-hybridized carbons (Fsp3) is 0.143. The summed E-state index contributed by atoms with van der Waals surface area (Å²) in [7, 11) is 0. The summed E-state index contributed by atoms with van der Waals surface area (Å²) in [6.07, 6.45) is 0. The second-order valence-corrected chi connectivity index (χ2v) is 4.34. The molecule has 2 aromatic rings. The summed E-state index contributed by atoms with van der Waals surface area (Å²) in [5.74, 6) is 1.04. The predicted octanol–water partition coefficient (Wildman–Crippen LogP) is 4.43. The van der Waals surface area contributed by atoms with Crippen molar-refractivity contribution in [3.8, 4) is 11.5 Å². The van der Waals surface area contributed by atoms with Gasteiger partial charge in [-0.3, -0.25) is 10.1 Å². The van der Waals surface area contributed by atoms with E-state index in [9.17, 15) is 10.1 Å². The van der Waals surface area contributed by atoms with Gasteiger partial charge in [0.15, 0.2) is 0 Å². The highest BCUT2D eigenvalue weighted by Gasteiger charge is 2.16. The number of para-hydroxylation sites is 1. The van der Waals surface area contributed by atoms with Crippen LogP contribution in [0, 0.1) is 17.0 Å². The summed E-state index contributed by atoms with van der Waals surface area (Å²) in [6.45, 7) is 1.80. The molecule has 0 radical (unpaired) electrons. The molecule has 0 bridgehead atoms. The van der Waals surface area contributed by atoms with Crippen molar-refractivity contribution < 1.29 is 9.66 Å². The zero-order chi connectivity index (χ0) is 13.8. The minimum Gasteiger partial charge on any atom is -0.450 e. The highest BCUT2D eigenvalue weighted by molar-refractivity contribution is 6.17. The van der Waals surface area contributed by atoms with Gasteiger partial charge in [0, 0.05) is 11.6 Å². The molecule has 0 aliphatic carbocycles. The fourth-order valence-corrected chi connectivity index (χ4v) is 1.91. The van der Waals surface area contributed by atoms with E-state index in [1.54, 1.807) is 31.2 Å². The third kappa shape index (κ3) is 3.03. The maximum atomic E-state index is 11.0. The molecular weight excluding hydrogens is 266 g/mol. The highest BCUT2D eigenvalue weighted by Crippen LogP contribution is 2.33. The van der Waals surface area contributed by atoms with Gasteiger partial charge in [-0.15, -0.1) is 11.6 Å². The van der Waals surface area contributed by atoms with E-state index in [2.05, 4.69) is 0 Å². The molecule has 98 valence electrons.